The van der Waals surface area contributed by atoms with E-state index in [4.69, 9.17) is 28.7 Å². The highest BCUT2D eigenvalue weighted by molar-refractivity contribution is 6.04. The van der Waals surface area contributed by atoms with Crippen LogP contribution in [0.1, 0.15) is 51.7 Å². The molecule has 0 fully saturated rings. The second-order valence-corrected chi connectivity index (χ2v) is 12.2. The highest BCUT2D eigenvalue weighted by Gasteiger charge is 2.22. The molecular formula is C36H47N3O6. The summed E-state index contributed by atoms with van der Waals surface area (Å²) >= 11 is 0. The van der Waals surface area contributed by atoms with E-state index in [1.165, 1.54) is 0 Å². The molecule has 0 atom stereocenters. The summed E-state index contributed by atoms with van der Waals surface area (Å²) in [5.74, 6) is 1.91. The normalized spacial score (nSPS) is 12.8. The fourth-order valence-corrected chi connectivity index (χ4v) is 4.66. The predicted molar refractivity (Wildman–Crippen MR) is 177 cm³/mol. The second-order valence-electron chi connectivity index (χ2n) is 12.2. The lowest BCUT2D eigenvalue weighted by Crippen LogP contribution is -2.36. The van der Waals surface area contributed by atoms with Crippen molar-refractivity contribution >= 4 is 17.3 Å². The number of nitrogens with zero attached hydrogens (tertiary/aromatic N) is 2. The van der Waals surface area contributed by atoms with Crippen LogP contribution in [0.15, 0.2) is 65.8 Å². The Balaban J connectivity index is 1.06. The minimum absolute atomic E-state index is 0.0384. The number of carbonyl (C=O) groups excluding carboxylic acids is 1. The molecular weight excluding hydrogens is 570 g/mol. The Morgan fingerprint density at radius 2 is 1.62 bits per heavy atom. The van der Waals surface area contributed by atoms with Crippen LogP contribution in [0.3, 0.4) is 0 Å². The summed E-state index contributed by atoms with van der Waals surface area (Å²) in [5.41, 5.74) is 5.56. The molecule has 9 nitrogen and oxygen atoms in total. The van der Waals surface area contributed by atoms with E-state index >= 15 is 0 Å². The van der Waals surface area contributed by atoms with Crippen molar-refractivity contribution in [2.45, 2.75) is 53.1 Å². The monoisotopic (exact) mass is 617 g/mol. The fraction of sp³-hybridized carbons (Fsp3) is 0.472. The maximum absolute atomic E-state index is 12.2. The molecule has 2 aromatic carbocycles. The van der Waals surface area contributed by atoms with Crippen molar-refractivity contribution in [3.8, 4) is 22.8 Å². The number of aryl methyl sites for hydroxylation is 1. The molecule has 0 bridgehead atoms. The van der Waals surface area contributed by atoms with Crippen molar-refractivity contribution in [1.29, 1.82) is 0 Å². The van der Waals surface area contributed by atoms with Gasteiger partial charge in [-0.15, -0.1) is 0 Å². The molecule has 0 spiro atoms. The van der Waals surface area contributed by atoms with E-state index < -0.39 is 5.60 Å². The van der Waals surface area contributed by atoms with Crippen molar-refractivity contribution in [2.75, 3.05) is 52.8 Å². The third kappa shape index (κ3) is 11.6. The molecule has 9 heteroatoms. The van der Waals surface area contributed by atoms with E-state index in [1.807, 2.05) is 44.2 Å². The van der Waals surface area contributed by atoms with Gasteiger partial charge in [-0.2, -0.15) is 0 Å². The topological polar surface area (TPSA) is 101 Å². The molecule has 3 aromatic rings. The summed E-state index contributed by atoms with van der Waals surface area (Å²) in [7, 11) is 0. The number of hydrogen-bond donors (Lipinski definition) is 1. The molecule has 0 saturated heterocycles. The summed E-state index contributed by atoms with van der Waals surface area (Å²) in [6.07, 6.45) is 3.11. The van der Waals surface area contributed by atoms with Crippen LogP contribution >= 0.6 is 0 Å². The van der Waals surface area contributed by atoms with Crippen molar-refractivity contribution in [2.24, 2.45) is 10.9 Å². The van der Waals surface area contributed by atoms with Crippen molar-refractivity contribution in [1.82, 2.24) is 10.3 Å². The Kier molecular flexibility index (Phi) is 12.9. The number of fused-ring (bicyclic) bond motifs is 1. The first kappa shape index (κ1) is 34.1. The van der Waals surface area contributed by atoms with Crippen LogP contribution in [0.4, 0.5) is 5.69 Å². The number of hydrogen-bond acceptors (Lipinski definition) is 8. The first-order chi connectivity index (χ1) is 21.7. The fourth-order valence-electron chi connectivity index (χ4n) is 4.66. The van der Waals surface area contributed by atoms with E-state index in [0.717, 1.165) is 45.8 Å². The van der Waals surface area contributed by atoms with Crippen molar-refractivity contribution in [3.63, 3.8) is 0 Å². The van der Waals surface area contributed by atoms with Gasteiger partial charge >= 0.3 is 0 Å². The van der Waals surface area contributed by atoms with Crippen molar-refractivity contribution < 1.29 is 28.5 Å². The van der Waals surface area contributed by atoms with Gasteiger partial charge in [0.15, 0.2) is 0 Å². The van der Waals surface area contributed by atoms with Crippen LogP contribution in [0.5, 0.6) is 11.6 Å². The first-order valence-corrected chi connectivity index (χ1v) is 15.8. The third-order valence-electron chi connectivity index (χ3n) is 7.21. The van der Waals surface area contributed by atoms with Gasteiger partial charge in [-0.1, -0.05) is 44.2 Å². The Labute approximate surface area is 267 Å². The number of carbonyl (C=O) groups is 1. The second kappa shape index (κ2) is 17.1. The molecule has 0 saturated carbocycles. The number of aromatic nitrogens is 1. The van der Waals surface area contributed by atoms with Crippen LogP contribution in [0.2, 0.25) is 0 Å². The lowest BCUT2D eigenvalue weighted by atomic mass is 10.0. The van der Waals surface area contributed by atoms with Gasteiger partial charge in [0.05, 0.1) is 44.2 Å². The van der Waals surface area contributed by atoms with E-state index in [9.17, 15) is 4.79 Å². The number of aliphatic imine (C=N–C) groups is 1. The molecule has 1 aliphatic rings. The summed E-state index contributed by atoms with van der Waals surface area (Å²) in [6, 6.07) is 18.2. The smallest absolute Gasteiger partial charge is 0.222 e. The highest BCUT2D eigenvalue weighted by Crippen LogP contribution is 2.32. The SMILES string of the molecule is Cc1ccc2c(c1)N=C(c1ccc(-c3ccc(OCCOCCOCCNC(=O)CC(C)(C)OCCC(C)C)nc3)cc1)CO2. The van der Waals surface area contributed by atoms with Gasteiger partial charge in [0.1, 0.15) is 24.7 Å². The summed E-state index contributed by atoms with van der Waals surface area (Å²) < 4.78 is 28.6. The molecule has 1 N–H and O–H groups in total. The molecule has 0 radical (unpaired) electrons. The maximum Gasteiger partial charge on any atom is 0.222 e. The number of rotatable bonds is 18. The van der Waals surface area contributed by atoms with Crippen LogP contribution < -0.4 is 14.8 Å². The Morgan fingerprint density at radius 3 is 2.36 bits per heavy atom. The largest absolute Gasteiger partial charge is 0.485 e. The number of benzene rings is 2. The zero-order chi connectivity index (χ0) is 32.1. The minimum Gasteiger partial charge on any atom is -0.485 e. The van der Waals surface area contributed by atoms with Gasteiger partial charge in [-0.25, -0.2) is 9.98 Å². The van der Waals surface area contributed by atoms with Crippen LogP contribution in [-0.2, 0) is 19.0 Å². The van der Waals surface area contributed by atoms with Gasteiger partial charge in [-0.05, 0) is 68.0 Å². The number of amides is 1. The molecule has 1 aliphatic heterocycles. The minimum atomic E-state index is -0.477. The molecule has 242 valence electrons. The molecule has 1 aromatic heterocycles. The van der Waals surface area contributed by atoms with Crippen molar-refractivity contribution in [3.05, 3.63) is 71.9 Å². The van der Waals surface area contributed by atoms with Gasteiger partial charge in [0.2, 0.25) is 11.8 Å². The molecule has 1 amide bonds. The number of pyridine rings is 1. The Hall–Kier alpha value is -3.79. The average Bonchev–Trinajstić information content (AvgIpc) is 3.01. The maximum atomic E-state index is 12.2. The lowest BCUT2D eigenvalue weighted by molar-refractivity contribution is -0.127. The molecule has 45 heavy (non-hydrogen) atoms. The predicted octanol–water partition coefficient (Wildman–Crippen LogP) is 6.33. The molecule has 4 rings (SSSR count). The van der Waals surface area contributed by atoms with Crippen LogP contribution in [-0.4, -0.2) is 75.0 Å². The van der Waals surface area contributed by atoms with Gasteiger partial charge in [-0.3, -0.25) is 4.79 Å². The summed E-state index contributed by atoms with van der Waals surface area (Å²) in [4.78, 5) is 21.4. The van der Waals surface area contributed by atoms with Crippen LogP contribution in [0, 0.1) is 12.8 Å². The van der Waals surface area contributed by atoms with Gasteiger partial charge in [0, 0.05) is 31.0 Å². The highest BCUT2D eigenvalue weighted by atomic mass is 16.5. The van der Waals surface area contributed by atoms with Gasteiger partial charge < -0.3 is 29.0 Å². The standard InChI is InChI=1S/C36H47N3O6/c1-26(2)14-16-45-36(4,5)23-34(40)37-15-17-41-18-19-42-20-21-43-35-13-11-30(24-38-35)28-7-9-29(10-8-28)32-25-44-33-12-6-27(3)22-31(33)39-32/h6-13,22,24,26H,14-21,23,25H2,1-5H3,(H,37,40). The zero-order valence-corrected chi connectivity index (χ0v) is 27.3. The average molecular weight is 618 g/mol. The van der Waals surface area contributed by atoms with E-state index in [-0.39, 0.29) is 5.91 Å². The zero-order valence-electron chi connectivity index (χ0n) is 27.3. The van der Waals surface area contributed by atoms with E-state index in [1.54, 1.807) is 6.20 Å². The van der Waals surface area contributed by atoms with E-state index in [0.29, 0.717) is 71.0 Å². The third-order valence-corrected chi connectivity index (χ3v) is 7.21. The molecule has 0 aliphatic carbocycles. The molecule has 0 unspecified atom stereocenters. The quantitative estimate of drug-likeness (QED) is 0.167. The van der Waals surface area contributed by atoms with E-state index in [2.05, 4.69) is 55.3 Å². The lowest BCUT2D eigenvalue weighted by Gasteiger charge is -2.25. The Bertz CT molecular complexity index is 1390. The first-order valence-electron chi connectivity index (χ1n) is 15.8. The number of ether oxygens (including phenoxy) is 5. The number of nitrogens with one attached hydrogen (secondary N) is 1. The van der Waals surface area contributed by atoms with Gasteiger partial charge in [0.25, 0.3) is 0 Å². The molecule has 2 heterocycles. The summed E-state index contributed by atoms with van der Waals surface area (Å²) in [6.45, 7) is 14.0. The summed E-state index contributed by atoms with van der Waals surface area (Å²) in [5, 5.41) is 2.88. The Morgan fingerprint density at radius 1 is 0.911 bits per heavy atom. The van der Waals surface area contributed by atoms with Crippen LogP contribution in [0.25, 0.3) is 11.1 Å².